The number of hydrogen-bond donors (Lipinski definition) is 0. The Morgan fingerprint density at radius 1 is 0.935 bits per heavy atom. The van der Waals surface area contributed by atoms with E-state index < -0.39 is 10.0 Å². The molecule has 166 valence electrons. The zero-order valence-electron chi connectivity index (χ0n) is 18.0. The summed E-state index contributed by atoms with van der Waals surface area (Å²) in [5.74, 6) is 0.869. The number of sulfonamides is 1. The van der Waals surface area contributed by atoms with Crippen molar-refractivity contribution >= 4 is 15.9 Å². The van der Waals surface area contributed by atoms with E-state index in [1.54, 1.807) is 18.1 Å². The zero-order valence-corrected chi connectivity index (χ0v) is 18.9. The molecule has 0 saturated carbocycles. The maximum absolute atomic E-state index is 13.1. The Labute approximate surface area is 184 Å². The predicted octanol–water partition coefficient (Wildman–Crippen LogP) is 3.04. The smallest absolute Gasteiger partial charge is 0.243 e. The maximum Gasteiger partial charge on any atom is 0.243 e. The number of hydrogen-bond acceptors (Lipinski definition) is 4. The molecular formula is C24H30N2O4S. The molecule has 1 amide bonds. The van der Waals surface area contributed by atoms with Gasteiger partial charge in [0.15, 0.2) is 0 Å². The molecule has 0 atom stereocenters. The van der Waals surface area contributed by atoms with Crippen LogP contribution in [0.2, 0.25) is 0 Å². The Morgan fingerprint density at radius 3 is 2.29 bits per heavy atom. The summed E-state index contributed by atoms with van der Waals surface area (Å²) in [5.41, 5.74) is 3.53. The van der Waals surface area contributed by atoms with Crippen LogP contribution >= 0.6 is 0 Å². The van der Waals surface area contributed by atoms with E-state index in [2.05, 4.69) is 0 Å². The molecule has 1 aliphatic heterocycles. The standard InChI is InChI=1S/C24H30N2O4S/c1-30-22-10-6-19(7-11-22)8-13-24(27)25-14-16-26(17-15-25)31(28,29)23-12-9-20-4-2-3-5-21(20)18-23/h6-7,9-12,18H,2-5,8,13-17H2,1H3. The molecule has 0 aromatic heterocycles. The second-order valence-corrected chi connectivity index (χ2v) is 10.2. The van der Waals surface area contributed by atoms with E-state index in [0.717, 1.165) is 30.6 Å². The number of amides is 1. The van der Waals surface area contributed by atoms with Crippen LogP contribution in [0.5, 0.6) is 5.75 Å². The highest BCUT2D eigenvalue weighted by Gasteiger charge is 2.30. The maximum atomic E-state index is 13.1. The van der Waals surface area contributed by atoms with Crippen LogP contribution in [-0.2, 0) is 34.1 Å². The first kappa shape index (κ1) is 21.8. The monoisotopic (exact) mass is 442 g/mol. The summed E-state index contributed by atoms with van der Waals surface area (Å²) in [5, 5.41) is 0. The van der Waals surface area contributed by atoms with Gasteiger partial charge in [0.2, 0.25) is 15.9 Å². The van der Waals surface area contributed by atoms with Gasteiger partial charge in [0.1, 0.15) is 5.75 Å². The van der Waals surface area contributed by atoms with Crippen LogP contribution in [0.3, 0.4) is 0 Å². The number of aryl methyl sites for hydroxylation is 3. The van der Waals surface area contributed by atoms with Gasteiger partial charge in [-0.2, -0.15) is 4.31 Å². The quantitative estimate of drug-likeness (QED) is 0.690. The SMILES string of the molecule is COc1ccc(CCC(=O)N2CCN(S(=O)(=O)c3ccc4c(c3)CCCC4)CC2)cc1. The molecule has 2 aromatic rings. The molecule has 0 bridgehead atoms. The lowest BCUT2D eigenvalue weighted by atomic mass is 9.92. The van der Waals surface area contributed by atoms with Crippen molar-refractivity contribution in [2.24, 2.45) is 0 Å². The normalized spacial score (nSPS) is 17.3. The highest BCUT2D eigenvalue weighted by molar-refractivity contribution is 7.89. The van der Waals surface area contributed by atoms with Crippen molar-refractivity contribution in [2.75, 3.05) is 33.3 Å². The van der Waals surface area contributed by atoms with Crippen LogP contribution < -0.4 is 4.74 Å². The summed E-state index contributed by atoms with van der Waals surface area (Å²) in [4.78, 5) is 14.8. The van der Waals surface area contributed by atoms with Crippen molar-refractivity contribution < 1.29 is 17.9 Å². The second-order valence-electron chi connectivity index (χ2n) is 8.27. The molecule has 0 N–H and O–H groups in total. The minimum Gasteiger partial charge on any atom is -0.497 e. The minimum atomic E-state index is -3.52. The molecule has 7 heteroatoms. The van der Waals surface area contributed by atoms with Crippen LogP contribution in [0.1, 0.15) is 36.0 Å². The Balaban J connectivity index is 1.32. The van der Waals surface area contributed by atoms with Gasteiger partial charge in [-0.15, -0.1) is 0 Å². The molecule has 0 radical (unpaired) electrons. The molecule has 0 spiro atoms. The van der Waals surface area contributed by atoms with Gasteiger partial charge in [0, 0.05) is 32.6 Å². The first-order valence-electron chi connectivity index (χ1n) is 11.0. The molecule has 4 rings (SSSR count). The van der Waals surface area contributed by atoms with Gasteiger partial charge >= 0.3 is 0 Å². The van der Waals surface area contributed by atoms with E-state index in [-0.39, 0.29) is 5.91 Å². The summed E-state index contributed by atoms with van der Waals surface area (Å²) in [6, 6.07) is 13.3. The summed E-state index contributed by atoms with van der Waals surface area (Å²) < 4.78 is 32.9. The third-order valence-corrected chi connectivity index (χ3v) is 8.23. The van der Waals surface area contributed by atoms with Gasteiger partial charge in [-0.1, -0.05) is 18.2 Å². The molecule has 31 heavy (non-hydrogen) atoms. The van der Waals surface area contributed by atoms with E-state index in [4.69, 9.17) is 4.74 Å². The molecule has 1 saturated heterocycles. The molecule has 1 heterocycles. The molecule has 1 fully saturated rings. The number of fused-ring (bicyclic) bond motifs is 1. The lowest BCUT2D eigenvalue weighted by Crippen LogP contribution is -2.50. The third-order valence-electron chi connectivity index (χ3n) is 6.34. The van der Waals surface area contributed by atoms with E-state index >= 15 is 0 Å². The van der Waals surface area contributed by atoms with E-state index in [0.29, 0.717) is 43.9 Å². The molecular weight excluding hydrogens is 412 g/mol. The Kier molecular flexibility index (Phi) is 6.62. The summed E-state index contributed by atoms with van der Waals surface area (Å²) >= 11 is 0. The number of methoxy groups -OCH3 is 1. The fourth-order valence-corrected chi connectivity index (χ4v) is 5.87. The van der Waals surface area contributed by atoms with Crippen LogP contribution in [-0.4, -0.2) is 56.8 Å². The number of nitrogens with zero attached hydrogens (tertiary/aromatic N) is 2. The van der Waals surface area contributed by atoms with Crippen molar-refractivity contribution in [2.45, 2.75) is 43.4 Å². The minimum absolute atomic E-state index is 0.0710. The van der Waals surface area contributed by atoms with E-state index in [1.807, 2.05) is 36.4 Å². The van der Waals surface area contributed by atoms with Crippen molar-refractivity contribution in [1.29, 1.82) is 0 Å². The van der Waals surface area contributed by atoms with Gasteiger partial charge in [0.05, 0.1) is 12.0 Å². The van der Waals surface area contributed by atoms with Gasteiger partial charge in [-0.25, -0.2) is 8.42 Å². The highest BCUT2D eigenvalue weighted by atomic mass is 32.2. The van der Waals surface area contributed by atoms with Crippen LogP contribution in [0.4, 0.5) is 0 Å². The average Bonchev–Trinajstić information content (AvgIpc) is 2.82. The number of ether oxygens (including phenoxy) is 1. The molecule has 0 unspecified atom stereocenters. The number of carbonyl (C=O) groups is 1. The lowest BCUT2D eigenvalue weighted by molar-refractivity contribution is -0.132. The van der Waals surface area contributed by atoms with Crippen LogP contribution in [0.25, 0.3) is 0 Å². The van der Waals surface area contributed by atoms with Gasteiger partial charge < -0.3 is 9.64 Å². The Bertz CT molecular complexity index is 1030. The van der Waals surface area contributed by atoms with Crippen molar-refractivity contribution in [3.63, 3.8) is 0 Å². The predicted molar refractivity (Wildman–Crippen MR) is 120 cm³/mol. The fourth-order valence-electron chi connectivity index (χ4n) is 4.40. The number of benzene rings is 2. The van der Waals surface area contributed by atoms with Gasteiger partial charge in [-0.05, 0) is 73.1 Å². The van der Waals surface area contributed by atoms with Crippen molar-refractivity contribution in [3.05, 3.63) is 59.2 Å². The summed E-state index contributed by atoms with van der Waals surface area (Å²) in [6.07, 6.45) is 5.36. The van der Waals surface area contributed by atoms with Crippen LogP contribution in [0, 0.1) is 0 Å². The zero-order chi connectivity index (χ0) is 21.8. The third kappa shape index (κ3) is 4.93. The molecule has 2 aromatic carbocycles. The molecule has 1 aliphatic carbocycles. The van der Waals surface area contributed by atoms with Crippen molar-refractivity contribution in [3.8, 4) is 5.75 Å². The first-order chi connectivity index (χ1) is 15.0. The number of piperazine rings is 1. The van der Waals surface area contributed by atoms with Gasteiger partial charge in [-0.3, -0.25) is 4.79 Å². The van der Waals surface area contributed by atoms with Crippen LogP contribution in [0.15, 0.2) is 47.4 Å². The topological polar surface area (TPSA) is 66.9 Å². The fraction of sp³-hybridized carbons (Fsp3) is 0.458. The summed E-state index contributed by atoms with van der Waals surface area (Å²) in [6.45, 7) is 1.55. The van der Waals surface area contributed by atoms with E-state index in [1.165, 1.54) is 21.9 Å². The highest BCUT2D eigenvalue weighted by Crippen LogP contribution is 2.26. The average molecular weight is 443 g/mol. The lowest BCUT2D eigenvalue weighted by Gasteiger charge is -2.34. The Morgan fingerprint density at radius 2 is 1.61 bits per heavy atom. The first-order valence-corrected chi connectivity index (χ1v) is 12.4. The number of rotatable bonds is 6. The number of carbonyl (C=O) groups excluding carboxylic acids is 1. The Hall–Kier alpha value is -2.38. The van der Waals surface area contributed by atoms with E-state index in [9.17, 15) is 13.2 Å². The van der Waals surface area contributed by atoms with Crippen molar-refractivity contribution in [1.82, 2.24) is 9.21 Å². The second kappa shape index (κ2) is 9.40. The largest absolute Gasteiger partial charge is 0.497 e. The summed E-state index contributed by atoms with van der Waals surface area (Å²) in [7, 11) is -1.89. The van der Waals surface area contributed by atoms with Gasteiger partial charge in [0.25, 0.3) is 0 Å². The molecule has 6 nitrogen and oxygen atoms in total. The molecule has 2 aliphatic rings.